The maximum atomic E-state index is 5.60. The fourth-order valence-corrected chi connectivity index (χ4v) is 0.581. The standard InChI is InChI=1S/C7H8/c1-7(2)5-3-4-6-7/h1,3-6H,2H3. The zero-order chi connectivity index (χ0) is 5.33. The number of rotatable bonds is 0. The minimum absolute atomic E-state index is 0.167. The molecule has 0 saturated heterocycles. The summed E-state index contributed by atoms with van der Waals surface area (Å²) in [5.41, 5.74) is -0.167. The molecule has 0 aliphatic heterocycles. The quantitative estimate of drug-likeness (QED) is 0.427. The molecule has 0 N–H and O–H groups in total. The molecular formula is C7H8. The van der Waals surface area contributed by atoms with Crippen LogP contribution < -0.4 is 0 Å². The van der Waals surface area contributed by atoms with Gasteiger partial charge in [0.25, 0.3) is 0 Å². The Bertz CT molecular complexity index is 102. The first kappa shape index (κ1) is 4.63. The Balaban J connectivity index is 2.77. The maximum absolute atomic E-state index is 5.60. The molecule has 0 aromatic heterocycles. The second kappa shape index (κ2) is 1.22. The van der Waals surface area contributed by atoms with E-state index >= 15 is 0 Å². The highest BCUT2D eigenvalue weighted by Crippen LogP contribution is 2.22. The van der Waals surface area contributed by atoms with Crippen LogP contribution in [0.1, 0.15) is 6.92 Å². The van der Waals surface area contributed by atoms with Gasteiger partial charge >= 0.3 is 0 Å². The summed E-state index contributed by atoms with van der Waals surface area (Å²) >= 11 is 0. The average molecular weight is 92.1 g/mol. The smallest absolute Gasteiger partial charge is 0.00734 e. The van der Waals surface area contributed by atoms with Gasteiger partial charge in [-0.05, 0) is 6.92 Å². The van der Waals surface area contributed by atoms with Crippen molar-refractivity contribution in [2.24, 2.45) is 5.41 Å². The van der Waals surface area contributed by atoms with Crippen molar-refractivity contribution in [3.05, 3.63) is 31.2 Å². The normalized spacial score (nSPS) is 23.7. The second-order valence-electron chi connectivity index (χ2n) is 2.08. The van der Waals surface area contributed by atoms with Gasteiger partial charge in [-0.15, -0.1) is 0 Å². The predicted molar refractivity (Wildman–Crippen MR) is 30.7 cm³/mol. The molecule has 0 spiro atoms. The minimum Gasteiger partial charge on any atom is -0.0745 e. The molecule has 1 aliphatic carbocycles. The van der Waals surface area contributed by atoms with Crippen LogP contribution in [-0.2, 0) is 0 Å². The summed E-state index contributed by atoms with van der Waals surface area (Å²) in [6, 6.07) is 0. The van der Waals surface area contributed by atoms with E-state index in [0.29, 0.717) is 0 Å². The van der Waals surface area contributed by atoms with Crippen molar-refractivity contribution in [3.8, 4) is 0 Å². The highest BCUT2D eigenvalue weighted by molar-refractivity contribution is 5.24. The molecule has 36 valence electrons. The van der Waals surface area contributed by atoms with Crippen LogP contribution in [0.3, 0.4) is 0 Å². The van der Waals surface area contributed by atoms with Crippen LogP contribution >= 0.6 is 0 Å². The molecule has 0 bridgehead atoms. The van der Waals surface area contributed by atoms with Crippen molar-refractivity contribution in [2.45, 2.75) is 6.92 Å². The molecular weight excluding hydrogens is 84.1 g/mol. The number of allylic oxidation sites excluding steroid dienone is 4. The average Bonchev–Trinajstić information content (AvgIpc) is 1.84. The highest BCUT2D eigenvalue weighted by Gasteiger charge is 2.10. The van der Waals surface area contributed by atoms with Crippen LogP contribution in [0.4, 0.5) is 0 Å². The molecule has 2 radical (unpaired) electrons. The largest absolute Gasteiger partial charge is 0.0745 e. The molecule has 0 aromatic carbocycles. The van der Waals surface area contributed by atoms with Crippen LogP contribution in [0, 0.1) is 12.3 Å². The van der Waals surface area contributed by atoms with Gasteiger partial charge in [-0.3, -0.25) is 0 Å². The van der Waals surface area contributed by atoms with E-state index in [0.717, 1.165) is 0 Å². The van der Waals surface area contributed by atoms with Gasteiger partial charge < -0.3 is 0 Å². The Morgan fingerprint density at radius 2 is 1.71 bits per heavy atom. The predicted octanol–water partition coefficient (Wildman–Crippen LogP) is 1.83. The second-order valence-corrected chi connectivity index (χ2v) is 2.08. The molecule has 0 saturated carbocycles. The lowest BCUT2D eigenvalue weighted by molar-refractivity contribution is 0.724. The first-order valence-electron chi connectivity index (χ1n) is 2.37. The van der Waals surface area contributed by atoms with Gasteiger partial charge in [-0.2, -0.15) is 0 Å². The zero-order valence-electron chi connectivity index (χ0n) is 4.39. The Morgan fingerprint density at radius 3 is 1.86 bits per heavy atom. The summed E-state index contributed by atoms with van der Waals surface area (Å²) < 4.78 is 0. The third-order valence-electron chi connectivity index (χ3n) is 1.02. The summed E-state index contributed by atoms with van der Waals surface area (Å²) in [6.45, 7) is 7.57. The van der Waals surface area contributed by atoms with Crippen molar-refractivity contribution >= 4 is 0 Å². The summed E-state index contributed by atoms with van der Waals surface area (Å²) in [5, 5.41) is 0. The summed E-state index contributed by atoms with van der Waals surface area (Å²) in [5.74, 6) is 0. The molecule has 0 heterocycles. The molecule has 0 heteroatoms. The van der Waals surface area contributed by atoms with E-state index in [1.165, 1.54) is 0 Å². The topological polar surface area (TPSA) is 0 Å². The third-order valence-corrected chi connectivity index (χ3v) is 1.02. The Morgan fingerprint density at radius 1 is 1.29 bits per heavy atom. The Labute approximate surface area is 44.5 Å². The molecule has 0 atom stereocenters. The lowest BCUT2D eigenvalue weighted by Crippen LogP contribution is -1.97. The van der Waals surface area contributed by atoms with E-state index in [4.69, 9.17) is 6.92 Å². The molecule has 0 nitrogen and oxygen atoms in total. The van der Waals surface area contributed by atoms with Gasteiger partial charge in [0, 0.05) is 5.41 Å². The highest BCUT2D eigenvalue weighted by atomic mass is 14.1. The van der Waals surface area contributed by atoms with E-state index in [1.54, 1.807) is 0 Å². The SMILES string of the molecule is [CH]C1(C)C=CC=C1. The number of hydrogen-bond donors (Lipinski definition) is 0. The van der Waals surface area contributed by atoms with Crippen molar-refractivity contribution in [2.75, 3.05) is 0 Å². The molecule has 0 amide bonds. The summed E-state index contributed by atoms with van der Waals surface area (Å²) in [4.78, 5) is 0. The molecule has 7 heavy (non-hydrogen) atoms. The van der Waals surface area contributed by atoms with Gasteiger partial charge in [-0.25, -0.2) is 0 Å². The van der Waals surface area contributed by atoms with Gasteiger partial charge in [-0.1, -0.05) is 31.2 Å². The zero-order valence-corrected chi connectivity index (χ0v) is 4.39. The van der Waals surface area contributed by atoms with Crippen molar-refractivity contribution in [1.82, 2.24) is 0 Å². The van der Waals surface area contributed by atoms with Gasteiger partial charge in [0.05, 0.1) is 0 Å². The van der Waals surface area contributed by atoms with E-state index in [9.17, 15) is 0 Å². The lowest BCUT2D eigenvalue weighted by Gasteiger charge is -2.07. The third kappa shape index (κ3) is 0.923. The van der Waals surface area contributed by atoms with Crippen molar-refractivity contribution < 1.29 is 0 Å². The van der Waals surface area contributed by atoms with Gasteiger partial charge in [0.1, 0.15) is 0 Å². The molecule has 0 aromatic rings. The van der Waals surface area contributed by atoms with Crippen molar-refractivity contribution in [1.29, 1.82) is 0 Å². The lowest BCUT2D eigenvalue weighted by atomic mass is 9.97. The van der Waals surface area contributed by atoms with Crippen LogP contribution in [0.2, 0.25) is 0 Å². The summed E-state index contributed by atoms with van der Waals surface area (Å²) in [6.07, 6.45) is 7.85. The van der Waals surface area contributed by atoms with Crippen LogP contribution in [-0.4, -0.2) is 0 Å². The summed E-state index contributed by atoms with van der Waals surface area (Å²) in [7, 11) is 0. The van der Waals surface area contributed by atoms with Crippen LogP contribution in [0.5, 0.6) is 0 Å². The number of hydrogen-bond acceptors (Lipinski definition) is 0. The Hall–Kier alpha value is -0.520. The van der Waals surface area contributed by atoms with E-state index in [2.05, 4.69) is 0 Å². The fraction of sp³-hybridized carbons (Fsp3) is 0.286. The van der Waals surface area contributed by atoms with E-state index < -0.39 is 0 Å². The molecule has 0 unspecified atom stereocenters. The van der Waals surface area contributed by atoms with E-state index in [1.807, 2.05) is 31.2 Å². The minimum atomic E-state index is -0.167. The molecule has 1 aliphatic rings. The van der Waals surface area contributed by atoms with E-state index in [-0.39, 0.29) is 5.41 Å². The monoisotopic (exact) mass is 92.1 g/mol. The van der Waals surface area contributed by atoms with Gasteiger partial charge in [0.2, 0.25) is 0 Å². The Kier molecular flexibility index (Phi) is 0.810. The molecule has 0 fully saturated rings. The van der Waals surface area contributed by atoms with Gasteiger partial charge in [0.15, 0.2) is 0 Å². The first-order chi connectivity index (χ1) is 3.21. The maximum Gasteiger partial charge on any atom is 0.00734 e. The first-order valence-corrected chi connectivity index (χ1v) is 2.37. The van der Waals surface area contributed by atoms with Crippen LogP contribution in [0.25, 0.3) is 0 Å². The molecule has 1 rings (SSSR count). The van der Waals surface area contributed by atoms with Crippen LogP contribution in [0.15, 0.2) is 24.3 Å². The van der Waals surface area contributed by atoms with Crippen molar-refractivity contribution in [3.63, 3.8) is 0 Å². The fourth-order valence-electron chi connectivity index (χ4n) is 0.581.